The number of aromatic nitrogens is 1. The Hall–Kier alpha value is -3.73. The first-order chi connectivity index (χ1) is 15.6. The summed E-state index contributed by atoms with van der Waals surface area (Å²) in [6.07, 6.45) is -1.62. The number of ether oxygens (including phenoxy) is 4. The molecule has 0 aliphatic heterocycles. The minimum absolute atomic E-state index is 0.0218. The van der Waals surface area contributed by atoms with Gasteiger partial charge in [0.15, 0.2) is 11.5 Å². The lowest BCUT2D eigenvalue weighted by Gasteiger charge is -2.18. The van der Waals surface area contributed by atoms with Gasteiger partial charge in [-0.15, -0.1) is 0 Å². The quantitative estimate of drug-likeness (QED) is 0.245. The molecule has 0 saturated heterocycles. The number of pyridine rings is 1. The Morgan fingerprint density at radius 2 is 1.73 bits per heavy atom. The molecule has 0 radical (unpaired) electrons. The van der Waals surface area contributed by atoms with Crippen molar-refractivity contribution in [2.75, 3.05) is 13.2 Å². The number of carbonyl (C=O) groups excluding carboxylic acids is 2. The lowest BCUT2D eigenvalue weighted by Crippen LogP contribution is -2.18. The van der Waals surface area contributed by atoms with Gasteiger partial charge in [-0.1, -0.05) is 12.1 Å². The Kier molecular flexibility index (Phi) is 9.10. The summed E-state index contributed by atoms with van der Waals surface area (Å²) in [5.41, 5.74) is 0.696. The first-order valence-corrected chi connectivity index (χ1v) is 10.2. The van der Waals surface area contributed by atoms with E-state index < -0.39 is 23.3 Å². The van der Waals surface area contributed by atoms with Gasteiger partial charge in [-0.2, -0.15) is 0 Å². The summed E-state index contributed by atoms with van der Waals surface area (Å²) in [7, 11) is 0. The van der Waals surface area contributed by atoms with Crippen molar-refractivity contribution >= 4 is 18.0 Å². The molecule has 0 spiro atoms. The number of benzene rings is 1. The maximum absolute atomic E-state index is 12.3. The first-order valence-electron chi connectivity index (χ1n) is 10.2. The molecule has 1 aromatic heterocycles. The maximum Gasteiger partial charge on any atom is 0.514 e. The van der Waals surface area contributed by atoms with E-state index in [9.17, 15) is 19.7 Å². The van der Waals surface area contributed by atoms with Crippen LogP contribution in [0.15, 0.2) is 24.3 Å². The molecule has 1 aromatic carbocycles. The number of hydrogen-bond donors (Lipinski definition) is 1. The van der Waals surface area contributed by atoms with Crippen LogP contribution in [0.5, 0.6) is 11.5 Å². The van der Waals surface area contributed by atoms with E-state index in [2.05, 4.69) is 4.98 Å². The van der Waals surface area contributed by atoms with Crippen molar-refractivity contribution in [1.29, 1.82) is 0 Å². The molecular formula is C22H26N2O9. The minimum Gasteiger partial charge on any atom is -0.434 e. The molecule has 178 valence electrons. The Morgan fingerprint density at radius 3 is 2.30 bits per heavy atom. The first kappa shape index (κ1) is 25.5. The van der Waals surface area contributed by atoms with Gasteiger partial charge in [0, 0.05) is 18.7 Å². The summed E-state index contributed by atoms with van der Waals surface area (Å²) in [6, 6.07) is 5.55. The Labute approximate surface area is 190 Å². The monoisotopic (exact) mass is 462 g/mol. The van der Waals surface area contributed by atoms with Crippen LogP contribution in [0.4, 0.5) is 15.3 Å². The van der Waals surface area contributed by atoms with Gasteiger partial charge in [-0.05, 0) is 46.1 Å². The predicted octanol–water partition coefficient (Wildman–Crippen LogP) is 4.49. The van der Waals surface area contributed by atoms with E-state index in [0.29, 0.717) is 12.8 Å². The fourth-order valence-corrected chi connectivity index (χ4v) is 2.89. The Bertz CT molecular complexity index is 1020. The van der Waals surface area contributed by atoms with E-state index in [1.54, 1.807) is 33.8 Å². The van der Waals surface area contributed by atoms with Crippen LogP contribution in [-0.2, 0) is 9.47 Å². The molecule has 0 atom stereocenters. The molecule has 2 rings (SSSR count). The summed E-state index contributed by atoms with van der Waals surface area (Å²) < 4.78 is 20.8. The third-order valence-corrected chi connectivity index (χ3v) is 4.27. The SMILES string of the molecule is Cc1nc(C)c(OC(=O)OC(C)C)c(-c2cccc([N+](=O)[O-])c2)c1OC(=O)OCCCCO. The van der Waals surface area contributed by atoms with Gasteiger partial charge in [-0.25, -0.2) is 9.59 Å². The summed E-state index contributed by atoms with van der Waals surface area (Å²) in [4.78, 5) is 39.5. The number of rotatable bonds is 9. The van der Waals surface area contributed by atoms with Crippen LogP contribution in [0.3, 0.4) is 0 Å². The zero-order chi connectivity index (χ0) is 24.5. The molecule has 0 aliphatic carbocycles. The smallest absolute Gasteiger partial charge is 0.434 e. The number of aliphatic hydroxyl groups is 1. The molecule has 33 heavy (non-hydrogen) atoms. The molecule has 11 heteroatoms. The van der Waals surface area contributed by atoms with Crippen molar-refractivity contribution in [2.24, 2.45) is 0 Å². The molecule has 2 aromatic rings. The number of carbonyl (C=O) groups is 2. The van der Waals surface area contributed by atoms with Gasteiger partial charge in [0.25, 0.3) is 5.69 Å². The highest BCUT2D eigenvalue weighted by Gasteiger charge is 2.26. The van der Waals surface area contributed by atoms with E-state index in [1.165, 1.54) is 18.2 Å². The van der Waals surface area contributed by atoms with E-state index in [1.807, 2.05) is 0 Å². The Balaban J connectivity index is 2.56. The zero-order valence-electron chi connectivity index (χ0n) is 18.8. The highest BCUT2D eigenvalue weighted by molar-refractivity contribution is 5.84. The summed E-state index contributed by atoms with van der Waals surface area (Å²) >= 11 is 0. The van der Waals surface area contributed by atoms with E-state index in [4.69, 9.17) is 24.1 Å². The number of aryl methyl sites for hydroxylation is 2. The highest BCUT2D eigenvalue weighted by Crippen LogP contribution is 2.43. The van der Waals surface area contributed by atoms with Crippen molar-refractivity contribution in [2.45, 2.75) is 46.6 Å². The largest absolute Gasteiger partial charge is 0.514 e. The van der Waals surface area contributed by atoms with Crippen molar-refractivity contribution < 1.29 is 38.6 Å². The molecule has 0 unspecified atom stereocenters. The van der Waals surface area contributed by atoms with E-state index in [0.717, 1.165) is 0 Å². The Morgan fingerprint density at radius 1 is 1.09 bits per heavy atom. The normalized spacial score (nSPS) is 10.6. The third-order valence-electron chi connectivity index (χ3n) is 4.27. The van der Waals surface area contributed by atoms with Crippen molar-refractivity contribution in [3.63, 3.8) is 0 Å². The number of aliphatic hydroxyl groups excluding tert-OH is 1. The number of unbranched alkanes of at least 4 members (excludes halogenated alkanes) is 1. The van der Waals surface area contributed by atoms with Gasteiger partial charge in [0.2, 0.25) is 0 Å². The van der Waals surface area contributed by atoms with E-state index in [-0.39, 0.29) is 52.9 Å². The topological polar surface area (TPSA) is 147 Å². The lowest BCUT2D eigenvalue weighted by atomic mass is 10.0. The van der Waals surface area contributed by atoms with Gasteiger partial charge in [-0.3, -0.25) is 15.1 Å². The van der Waals surface area contributed by atoms with Crippen LogP contribution in [0, 0.1) is 24.0 Å². The number of nitro groups is 1. The predicted molar refractivity (Wildman–Crippen MR) is 116 cm³/mol. The lowest BCUT2D eigenvalue weighted by molar-refractivity contribution is -0.384. The van der Waals surface area contributed by atoms with Crippen LogP contribution in [0.2, 0.25) is 0 Å². The molecule has 11 nitrogen and oxygen atoms in total. The average molecular weight is 462 g/mol. The number of nitrogens with zero attached hydrogens (tertiary/aromatic N) is 2. The second-order valence-electron chi connectivity index (χ2n) is 7.27. The molecule has 1 N–H and O–H groups in total. The van der Waals surface area contributed by atoms with Crippen molar-refractivity contribution in [3.8, 4) is 22.6 Å². The second-order valence-corrected chi connectivity index (χ2v) is 7.27. The van der Waals surface area contributed by atoms with Gasteiger partial charge in [0.1, 0.15) is 0 Å². The third kappa shape index (κ3) is 7.14. The summed E-state index contributed by atoms with van der Waals surface area (Å²) in [5.74, 6) is -0.157. The summed E-state index contributed by atoms with van der Waals surface area (Å²) in [6.45, 7) is 6.41. The molecule has 0 fully saturated rings. The maximum atomic E-state index is 12.3. The molecule has 0 saturated carbocycles. The molecular weight excluding hydrogens is 436 g/mol. The van der Waals surface area contributed by atoms with Crippen LogP contribution in [-0.4, -0.2) is 46.6 Å². The average Bonchev–Trinajstić information content (AvgIpc) is 2.74. The van der Waals surface area contributed by atoms with Crippen molar-refractivity contribution in [3.05, 3.63) is 45.8 Å². The standard InChI is InChI=1S/C22H26N2O9/c1-13(2)31-22(27)33-20-15(4)23-14(3)19(32-21(26)30-11-6-5-10-25)18(20)16-8-7-9-17(12-16)24(28)29/h7-9,12-13,25H,5-6,10-11H2,1-4H3. The number of non-ortho nitro benzene ring substituents is 1. The fraction of sp³-hybridized carbons (Fsp3) is 0.409. The molecule has 1 heterocycles. The van der Waals surface area contributed by atoms with Gasteiger partial charge in [0.05, 0.1) is 34.6 Å². The molecule has 0 amide bonds. The minimum atomic E-state index is -1.04. The zero-order valence-corrected chi connectivity index (χ0v) is 18.8. The van der Waals surface area contributed by atoms with Gasteiger partial charge >= 0.3 is 12.3 Å². The van der Waals surface area contributed by atoms with Crippen LogP contribution in [0.25, 0.3) is 11.1 Å². The number of nitro benzene ring substituents is 1. The van der Waals surface area contributed by atoms with Crippen LogP contribution < -0.4 is 9.47 Å². The number of hydrogen-bond acceptors (Lipinski definition) is 10. The molecule has 0 bridgehead atoms. The molecule has 0 aliphatic rings. The van der Waals surface area contributed by atoms with E-state index >= 15 is 0 Å². The van der Waals surface area contributed by atoms with Gasteiger partial charge < -0.3 is 24.1 Å². The van der Waals surface area contributed by atoms with Crippen molar-refractivity contribution in [1.82, 2.24) is 4.98 Å². The highest BCUT2D eigenvalue weighted by atomic mass is 16.7. The van der Waals surface area contributed by atoms with Crippen LogP contribution >= 0.6 is 0 Å². The summed E-state index contributed by atoms with van der Waals surface area (Å²) in [5, 5.41) is 20.1. The fourth-order valence-electron chi connectivity index (χ4n) is 2.89. The van der Waals surface area contributed by atoms with Crippen LogP contribution in [0.1, 0.15) is 38.1 Å². The second kappa shape index (κ2) is 11.8.